The van der Waals surface area contributed by atoms with Crippen molar-refractivity contribution in [3.8, 4) is 0 Å². The summed E-state index contributed by atoms with van der Waals surface area (Å²) in [5.74, 6) is 0.00764. The van der Waals surface area contributed by atoms with Crippen LogP contribution in [0.15, 0.2) is 12.4 Å². The number of aryl methyl sites for hydroxylation is 1. The Morgan fingerprint density at radius 2 is 2.47 bits per heavy atom. The first kappa shape index (κ1) is 12.0. The maximum absolute atomic E-state index is 11.9. The van der Waals surface area contributed by atoms with Gasteiger partial charge in [-0.25, -0.2) is 0 Å². The highest BCUT2D eigenvalue weighted by molar-refractivity contribution is 5.76. The summed E-state index contributed by atoms with van der Waals surface area (Å²) in [4.78, 5) is 13.5. The third-order valence-electron chi connectivity index (χ3n) is 3.07. The third kappa shape index (κ3) is 2.80. The molecule has 0 unspecified atom stereocenters. The van der Waals surface area contributed by atoms with Crippen molar-refractivity contribution < 1.29 is 9.90 Å². The van der Waals surface area contributed by atoms with Gasteiger partial charge >= 0.3 is 0 Å². The fraction of sp³-hybridized carbons (Fsp3) is 0.700. The molecule has 2 atom stereocenters. The highest BCUT2D eigenvalue weighted by Crippen LogP contribution is 2.09. The van der Waals surface area contributed by atoms with E-state index in [0.717, 1.165) is 0 Å². The number of amides is 1. The monoisotopic (exact) mass is 239 g/mol. The number of β-amino-alcohol motifs (C(OH)–C–C–N with tert-alkyl or cyclic N) is 1. The first-order chi connectivity index (χ1) is 8.18. The second kappa shape index (κ2) is 5.24. The summed E-state index contributed by atoms with van der Waals surface area (Å²) in [6.45, 7) is 1.71. The normalized spacial score (nSPS) is 23.9. The number of nitrogens with zero attached hydrogens (tertiary/aromatic N) is 4. The molecule has 0 spiro atoms. The van der Waals surface area contributed by atoms with Crippen LogP contribution in [-0.2, 0) is 11.3 Å². The summed E-state index contributed by atoms with van der Waals surface area (Å²) >= 11 is 0. The zero-order valence-electron chi connectivity index (χ0n) is 9.78. The Labute approximate surface area is 99.4 Å². The number of carbonyl (C=O) groups is 1. The summed E-state index contributed by atoms with van der Waals surface area (Å²) in [7, 11) is 1.73. The Kier molecular flexibility index (Phi) is 3.70. The maximum Gasteiger partial charge on any atom is 0.224 e. The molecule has 7 heteroatoms. The van der Waals surface area contributed by atoms with Crippen molar-refractivity contribution in [2.45, 2.75) is 25.1 Å². The van der Waals surface area contributed by atoms with Crippen LogP contribution < -0.4 is 5.32 Å². The molecule has 1 amide bonds. The molecule has 17 heavy (non-hydrogen) atoms. The van der Waals surface area contributed by atoms with Crippen molar-refractivity contribution in [1.29, 1.82) is 0 Å². The standard InChI is InChI=1S/C10H17N5O2/c1-14(8-6-11-7-9(8)16)10(17)2-4-15-5-3-12-13-15/h3,5,8-9,11,16H,2,4,6-7H2,1H3/t8-,9-/m1/s1. The Morgan fingerprint density at radius 3 is 3.06 bits per heavy atom. The van der Waals surface area contributed by atoms with Crippen molar-refractivity contribution >= 4 is 5.91 Å². The van der Waals surface area contributed by atoms with Gasteiger partial charge in [-0.15, -0.1) is 5.10 Å². The molecule has 1 saturated heterocycles. The number of rotatable bonds is 4. The minimum absolute atomic E-state index is 0.00764. The zero-order chi connectivity index (χ0) is 12.3. The van der Waals surface area contributed by atoms with Gasteiger partial charge in [0.25, 0.3) is 0 Å². The van der Waals surface area contributed by atoms with E-state index in [2.05, 4.69) is 15.6 Å². The Balaban J connectivity index is 1.83. The molecule has 94 valence electrons. The molecular weight excluding hydrogens is 222 g/mol. The largest absolute Gasteiger partial charge is 0.390 e. The van der Waals surface area contributed by atoms with Crippen molar-refractivity contribution in [2.75, 3.05) is 20.1 Å². The van der Waals surface area contributed by atoms with Crippen molar-refractivity contribution in [2.24, 2.45) is 0 Å². The van der Waals surface area contributed by atoms with E-state index in [1.807, 2.05) is 0 Å². The minimum Gasteiger partial charge on any atom is -0.390 e. The fourth-order valence-electron chi connectivity index (χ4n) is 1.97. The average Bonchev–Trinajstić information content (AvgIpc) is 2.95. The highest BCUT2D eigenvalue weighted by Gasteiger charge is 2.30. The van der Waals surface area contributed by atoms with Gasteiger partial charge in [0.05, 0.1) is 24.9 Å². The first-order valence-electron chi connectivity index (χ1n) is 5.67. The minimum atomic E-state index is -0.477. The number of hydrogen-bond acceptors (Lipinski definition) is 5. The lowest BCUT2D eigenvalue weighted by molar-refractivity contribution is -0.133. The van der Waals surface area contributed by atoms with E-state index in [-0.39, 0.29) is 11.9 Å². The Morgan fingerprint density at radius 1 is 1.65 bits per heavy atom. The first-order valence-corrected chi connectivity index (χ1v) is 5.67. The lowest BCUT2D eigenvalue weighted by Crippen LogP contribution is -2.44. The van der Waals surface area contributed by atoms with E-state index in [0.29, 0.717) is 26.1 Å². The molecule has 0 aromatic carbocycles. The van der Waals surface area contributed by atoms with E-state index in [1.165, 1.54) is 0 Å². The van der Waals surface area contributed by atoms with Gasteiger partial charge in [0.2, 0.25) is 5.91 Å². The summed E-state index contributed by atoms with van der Waals surface area (Å²) < 4.78 is 1.62. The molecule has 1 aliphatic heterocycles. The molecular formula is C10H17N5O2. The van der Waals surface area contributed by atoms with Gasteiger partial charge in [-0.05, 0) is 0 Å². The van der Waals surface area contributed by atoms with E-state index in [9.17, 15) is 9.90 Å². The number of hydrogen-bond donors (Lipinski definition) is 2. The van der Waals surface area contributed by atoms with Crippen LogP contribution in [0.25, 0.3) is 0 Å². The van der Waals surface area contributed by atoms with Crippen LogP contribution in [0.2, 0.25) is 0 Å². The summed E-state index contributed by atoms with van der Waals surface area (Å²) in [5, 5.41) is 20.2. The van der Waals surface area contributed by atoms with Gasteiger partial charge in [-0.2, -0.15) is 0 Å². The maximum atomic E-state index is 11.9. The molecule has 2 N–H and O–H groups in total. The van der Waals surface area contributed by atoms with Crippen LogP contribution in [0, 0.1) is 0 Å². The van der Waals surface area contributed by atoms with Gasteiger partial charge in [-0.1, -0.05) is 5.21 Å². The number of likely N-dealkylation sites (N-methyl/N-ethyl adjacent to an activating group) is 1. The van der Waals surface area contributed by atoms with E-state index in [4.69, 9.17) is 0 Å². The second-order valence-electron chi connectivity index (χ2n) is 4.21. The predicted octanol–water partition coefficient (Wildman–Crippen LogP) is -1.54. The van der Waals surface area contributed by atoms with E-state index < -0.39 is 6.10 Å². The third-order valence-corrected chi connectivity index (χ3v) is 3.07. The van der Waals surface area contributed by atoms with Crippen molar-refractivity contribution in [3.05, 3.63) is 12.4 Å². The van der Waals surface area contributed by atoms with Crippen LogP contribution in [0.1, 0.15) is 6.42 Å². The molecule has 0 bridgehead atoms. The number of aliphatic hydroxyl groups excluding tert-OH is 1. The predicted molar refractivity (Wildman–Crippen MR) is 60.1 cm³/mol. The van der Waals surface area contributed by atoms with Crippen LogP contribution in [0.4, 0.5) is 0 Å². The molecule has 2 rings (SSSR count). The molecule has 2 heterocycles. The smallest absolute Gasteiger partial charge is 0.224 e. The molecule has 1 aromatic rings. The Hall–Kier alpha value is -1.47. The molecule has 1 aromatic heterocycles. The van der Waals surface area contributed by atoms with Gasteiger partial charge in [0.1, 0.15) is 0 Å². The quantitative estimate of drug-likeness (QED) is 0.665. The SMILES string of the molecule is CN(C(=O)CCn1ccnn1)[C@@H]1CNC[C@H]1O. The molecule has 1 aliphatic rings. The Bertz CT molecular complexity index is 367. The number of carbonyl (C=O) groups excluding carboxylic acids is 1. The van der Waals surface area contributed by atoms with Crippen LogP contribution in [0.3, 0.4) is 0 Å². The van der Waals surface area contributed by atoms with E-state index >= 15 is 0 Å². The molecule has 7 nitrogen and oxygen atoms in total. The molecule has 1 fully saturated rings. The lowest BCUT2D eigenvalue weighted by atomic mass is 10.2. The molecule has 0 radical (unpaired) electrons. The van der Waals surface area contributed by atoms with E-state index in [1.54, 1.807) is 29.0 Å². The van der Waals surface area contributed by atoms with Crippen LogP contribution >= 0.6 is 0 Å². The molecule has 0 aliphatic carbocycles. The summed E-state index contributed by atoms with van der Waals surface area (Å²) in [6, 6.07) is -0.127. The van der Waals surface area contributed by atoms with Gasteiger partial charge in [-0.3, -0.25) is 9.48 Å². The topological polar surface area (TPSA) is 83.3 Å². The van der Waals surface area contributed by atoms with Gasteiger partial charge < -0.3 is 15.3 Å². The highest BCUT2D eigenvalue weighted by atomic mass is 16.3. The van der Waals surface area contributed by atoms with Crippen LogP contribution in [0.5, 0.6) is 0 Å². The summed E-state index contributed by atoms with van der Waals surface area (Å²) in [5.41, 5.74) is 0. The number of nitrogens with one attached hydrogen (secondary N) is 1. The second-order valence-corrected chi connectivity index (χ2v) is 4.21. The average molecular weight is 239 g/mol. The zero-order valence-corrected chi connectivity index (χ0v) is 9.78. The van der Waals surface area contributed by atoms with Crippen molar-refractivity contribution in [1.82, 2.24) is 25.2 Å². The van der Waals surface area contributed by atoms with Crippen LogP contribution in [-0.4, -0.2) is 63.2 Å². The van der Waals surface area contributed by atoms with Gasteiger partial charge in [0.15, 0.2) is 0 Å². The van der Waals surface area contributed by atoms with Crippen molar-refractivity contribution in [3.63, 3.8) is 0 Å². The number of aromatic nitrogens is 3. The fourth-order valence-corrected chi connectivity index (χ4v) is 1.97. The summed E-state index contributed by atoms with van der Waals surface area (Å²) in [6.07, 6.45) is 3.19. The van der Waals surface area contributed by atoms with Gasteiger partial charge in [0, 0.05) is 32.8 Å². The molecule has 0 saturated carbocycles. The lowest BCUT2D eigenvalue weighted by Gasteiger charge is -2.26. The number of aliphatic hydroxyl groups is 1.